The Kier molecular flexibility index (Phi) is 6.99. The molecule has 0 unspecified atom stereocenters. The van der Waals surface area contributed by atoms with Crippen LogP contribution in [0, 0.1) is 13.8 Å². The molecule has 0 spiro atoms. The van der Waals surface area contributed by atoms with E-state index in [-0.39, 0.29) is 27.7 Å². The number of nitrogens with two attached hydrogens (primary N) is 1. The van der Waals surface area contributed by atoms with E-state index in [0.29, 0.717) is 35.3 Å². The Morgan fingerprint density at radius 2 is 1.89 bits per heavy atom. The summed E-state index contributed by atoms with van der Waals surface area (Å²) in [6.45, 7) is 6.39. The van der Waals surface area contributed by atoms with Crippen LogP contribution < -0.4 is 11.1 Å². The van der Waals surface area contributed by atoms with E-state index >= 15 is 0 Å². The van der Waals surface area contributed by atoms with Gasteiger partial charge in [-0.25, -0.2) is 13.8 Å². The zero-order valence-electron chi connectivity index (χ0n) is 19.1. The lowest BCUT2D eigenvalue weighted by Gasteiger charge is -2.10. The van der Waals surface area contributed by atoms with Crippen LogP contribution in [0.5, 0.6) is 0 Å². The number of fused-ring (bicyclic) bond motifs is 1. The van der Waals surface area contributed by atoms with E-state index in [9.17, 15) is 18.4 Å². The molecular weight excluding hydrogens is 544 g/mol. The van der Waals surface area contributed by atoms with Crippen molar-refractivity contribution in [2.24, 2.45) is 5.73 Å². The number of alkyl halides is 2. The van der Waals surface area contributed by atoms with Crippen LogP contribution >= 0.6 is 27.3 Å². The normalized spacial score (nSPS) is 11.5. The number of aryl methyl sites for hydroxylation is 4. The van der Waals surface area contributed by atoms with E-state index in [4.69, 9.17) is 5.73 Å². The van der Waals surface area contributed by atoms with Crippen molar-refractivity contribution >= 4 is 55.0 Å². The Labute approximate surface area is 211 Å². The van der Waals surface area contributed by atoms with Crippen molar-refractivity contribution in [1.29, 1.82) is 0 Å². The Hall–Kier alpha value is -3.19. The molecule has 0 aliphatic carbocycles. The maximum absolute atomic E-state index is 13.7. The van der Waals surface area contributed by atoms with Gasteiger partial charge in [-0.2, -0.15) is 10.2 Å². The van der Waals surface area contributed by atoms with Gasteiger partial charge >= 0.3 is 0 Å². The second-order valence-electron chi connectivity index (χ2n) is 7.85. The molecule has 4 aromatic heterocycles. The van der Waals surface area contributed by atoms with Crippen molar-refractivity contribution in [3.63, 3.8) is 0 Å². The quantitative estimate of drug-likeness (QED) is 0.317. The molecule has 0 aromatic carbocycles. The second kappa shape index (κ2) is 9.82. The summed E-state index contributed by atoms with van der Waals surface area (Å²) < 4.78 is 31.5. The minimum absolute atomic E-state index is 0.0340. The molecule has 184 valence electrons. The molecule has 4 rings (SSSR count). The Balaban J connectivity index is 1.80. The van der Waals surface area contributed by atoms with Gasteiger partial charge in [0.25, 0.3) is 12.3 Å². The number of nitrogens with one attached hydrogen (secondary N) is 1. The molecule has 0 saturated heterocycles. The lowest BCUT2D eigenvalue weighted by Crippen LogP contribution is -2.18. The Morgan fingerprint density at radius 3 is 2.46 bits per heavy atom. The van der Waals surface area contributed by atoms with Crippen LogP contribution in [0.15, 0.2) is 22.9 Å². The molecule has 0 atom stereocenters. The highest BCUT2D eigenvalue weighted by Gasteiger charge is 2.26. The number of nitrogens with zero attached hydrogens (tertiary/aromatic N) is 5. The van der Waals surface area contributed by atoms with Crippen LogP contribution in [0.3, 0.4) is 0 Å². The minimum atomic E-state index is -2.83. The highest BCUT2D eigenvalue weighted by molar-refractivity contribution is 9.10. The van der Waals surface area contributed by atoms with E-state index in [0.717, 1.165) is 21.5 Å². The average molecular weight is 566 g/mol. The van der Waals surface area contributed by atoms with Gasteiger partial charge < -0.3 is 11.1 Å². The standard InChI is InChI=1S/C22H22BrF2N7O2S/c1-4-31-8-13(10(2)29-31)12-7-15(20(24)25)27-22-17(12)18(19(35-22)21(26)34)28-16(33)5-6-32-9-14(23)11(3)30-32/h7-9,20H,4-6H2,1-3H3,(H2,26,34)(H,28,33). The van der Waals surface area contributed by atoms with E-state index in [1.54, 1.807) is 28.7 Å². The van der Waals surface area contributed by atoms with Crippen LogP contribution in [-0.2, 0) is 17.9 Å². The topological polar surface area (TPSA) is 121 Å². The maximum Gasteiger partial charge on any atom is 0.280 e. The predicted octanol–water partition coefficient (Wildman–Crippen LogP) is 4.82. The van der Waals surface area contributed by atoms with Crippen molar-refractivity contribution in [2.75, 3.05) is 5.32 Å². The SMILES string of the molecule is CCn1cc(-c2cc(C(F)F)nc3sc(C(N)=O)c(NC(=O)CCn4cc(Br)c(C)n4)c23)c(C)n1. The van der Waals surface area contributed by atoms with Gasteiger partial charge in [-0.15, -0.1) is 11.3 Å². The van der Waals surface area contributed by atoms with Crippen LogP contribution in [-0.4, -0.2) is 36.4 Å². The molecule has 35 heavy (non-hydrogen) atoms. The van der Waals surface area contributed by atoms with Gasteiger partial charge in [0.15, 0.2) is 0 Å². The molecule has 4 heterocycles. The summed E-state index contributed by atoms with van der Waals surface area (Å²) in [5, 5.41) is 11.9. The molecule has 0 aliphatic heterocycles. The third-order valence-corrected chi connectivity index (χ3v) is 7.29. The molecule has 9 nitrogen and oxygen atoms in total. The second-order valence-corrected chi connectivity index (χ2v) is 9.71. The van der Waals surface area contributed by atoms with Crippen molar-refractivity contribution < 1.29 is 18.4 Å². The first-order valence-electron chi connectivity index (χ1n) is 10.7. The lowest BCUT2D eigenvalue weighted by atomic mass is 10.0. The zero-order valence-corrected chi connectivity index (χ0v) is 21.5. The van der Waals surface area contributed by atoms with Gasteiger partial charge in [-0.3, -0.25) is 19.0 Å². The van der Waals surface area contributed by atoms with E-state index in [2.05, 4.69) is 36.4 Å². The van der Waals surface area contributed by atoms with Gasteiger partial charge in [0.05, 0.1) is 21.5 Å². The van der Waals surface area contributed by atoms with Gasteiger partial charge in [-0.1, -0.05) is 0 Å². The van der Waals surface area contributed by atoms with Crippen LogP contribution in [0.4, 0.5) is 14.5 Å². The summed E-state index contributed by atoms with van der Waals surface area (Å²) in [6, 6.07) is 1.27. The van der Waals surface area contributed by atoms with Crippen molar-refractivity contribution in [1.82, 2.24) is 24.5 Å². The van der Waals surface area contributed by atoms with Gasteiger partial charge in [0.2, 0.25) is 5.91 Å². The van der Waals surface area contributed by atoms with E-state index < -0.39 is 18.0 Å². The molecule has 0 radical (unpaired) electrons. The third-order valence-electron chi connectivity index (χ3n) is 5.41. The Morgan fingerprint density at radius 1 is 1.17 bits per heavy atom. The molecule has 3 N–H and O–H groups in total. The number of halogens is 3. The Bertz CT molecular complexity index is 1420. The number of carbonyl (C=O) groups excluding carboxylic acids is 2. The third kappa shape index (κ3) is 4.96. The number of hydrogen-bond donors (Lipinski definition) is 2. The number of aromatic nitrogens is 5. The number of rotatable bonds is 8. The highest BCUT2D eigenvalue weighted by atomic mass is 79.9. The summed E-state index contributed by atoms with van der Waals surface area (Å²) in [6.07, 6.45) is 0.742. The number of pyridine rings is 1. The molecule has 13 heteroatoms. The number of carbonyl (C=O) groups is 2. The van der Waals surface area contributed by atoms with E-state index in [1.165, 1.54) is 6.07 Å². The number of hydrogen-bond acceptors (Lipinski definition) is 6. The monoisotopic (exact) mass is 565 g/mol. The maximum atomic E-state index is 13.7. The number of thiophene rings is 1. The summed E-state index contributed by atoms with van der Waals surface area (Å²) >= 11 is 4.25. The number of primary amides is 1. The first kappa shape index (κ1) is 24.9. The van der Waals surface area contributed by atoms with Gasteiger partial charge in [0.1, 0.15) is 15.4 Å². The molecule has 0 aliphatic rings. The van der Waals surface area contributed by atoms with E-state index in [1.807, 2.05) is 13.8 Å². The van der Waals surface area contributed by atoms with Crippen LogP contribution in [0.2, 0.25) is 0 Å². The summed E-state index contributed by atoms with van der Waals surface area (Å²) in [5.41, 5.74) is 7.71. The first-order chi connectivity index (χ1) is 16.6. The summed E-state index contributed by atoms with van der Waals surface area (Å²) in [7, 11) is 0. The highest BCUT2D eigenvalue weighted by Crippen LogP contribution is 2.43. The molecule has 2 amide bonds. The average Bonchev–Trinajstić information content (AvgIpc) is 3.46. The largest absolute Gasteiger partial charge is 0.365 e. The molecule has 0 bridgehead atoms. The number of amides is 2. The smallest absolute Gasteiger partial charge is 0.280 e. The van der Waals surface area contributed by atoms with Crippen LogP contribution in [0.1, 0.15) is 46.5 Å². The predicted molar refractivity (Wildman–Crippen MR) is 133 cm³/mol. The summed E-state index contributed by atoms with van der Waals surface area (Å²) in [4.78, 5) is 29.4. The van der Waals surface area contributed by atoms with Crippen LogP contribution in [0.25, 0.3) is 21.3 Å². The first-order valence-corrected chi connectivity index (χ1v) is 12.3. The molecule has 0 saturated carbocycles. The minimum Gasteiger partial charge on any atom is -0.365 e. The lowest BCUT2D eigenvalue weighted by molar-refractivity contribution is -0.116. The molecular formula is C22H22BrF2N7O2S. The number of anilines is 1. The van der Waals surface area contributed by atoms with Gasteiger partial charge in [-0.05, 0) is 48.3 Å². The fourth-order valence-corrected chi connectivity index (χ4v) is 5.03. The van der Waals surface area contributed by atoms with Crippen molar-refractivity contribution in [2.45, 2.75) is 46.7 Å². The molecule has 0 fully saturated rings. The zero-order chi connectivity index (χ0) is 25.4. The fourth-order valence-electron chi connectivity index (χ4n) is 3.70. The van der Waals surface area contributed by atoms with Crippen molar-refractivity contribution in [3.05, 3.63) is 44.9 Å². The fraction of sp³-hybridized carbons (Fsp3) is 0.318. The van der Waals surface area contributed by atoms with Crippen molar-refractivity contribution in [3.8, 4) is 11.1 Å². The van der Waals surface area contributed by atoms with Gasteiger partial charge in [0, 0.05) is 42.9 Å². The summed E-state index contributed by atoms with van der Waals surface area (Å²) in [5.74, 6) is -1.18. The molecule has 4 aromatic rings.